The third-order valence-electron chi connectivity index (χ3n) is 6.95. The van der Waals surface area contributed by atoms with Gasteiger partial charge in [0.15, 0.2) is 11.6 Å². The topological polar surface area (TPSA) is 100.0 Å². The summed E-state index contributed by atoms with van der Waals surface area (Å²) in [6.07, 6.45) is 5.75. The van der Waals surface area contributed by atoms with Gasteiger partial charge in [-0.3, -0.25) is 9.78 Å². The number of ketones is 1. The Kier molecular flexibility index (Phi) is 9.31. The first kappa shape index (κ1) is 31.4. The number of methoxy groups -OCH3 is 1. The number of hydrogen-bond acceptors (Lipinski definition) is 8. The number of benzene rings is 3. The predicted molar refractivity (Wildman–Crippen MR) is 169 cm³/mol. The van der Waals surface area contributed by atoms with Gasteiger partial charge in [0.2, 0.25) is 5.78 Å². The Morgan fingerprint density at radius 3 is 2.40 bits per heavy atom. The molecule has 0 radical (unpaired) electrons. The third-order valence-corrected chi connectivity index (χ3v) is 8.65. The number of hydrogen-bond donors (Lipinski definition) is 0. The van der Waals surface area contributed by atoms with Crippen LogP contribution in [0.15, 0.2) is 102 Å². The molecule has 2 aromatic heterocycles. The summed E-state index contributed by atoms with van der Waals surface area (Å²) in [5.74, 6) is -0.442. The Labute approximate surface area is 261 Å². The van der Waals surface area contributed by atoms with Gasteiger partial charge in [-0.1, -0.05) is 29.8 Å². The van der Waals surface area contributed by atoms with E-state index >= 15 is 4.39 Å². The molecule has 0 amide bonds. The zero-order valence-corrected chi connectivity index (χ0v) is 26.0. The molecule has 45 heavy (non-hydrogen) atoms. The molecule has 0 atom stereocenters. The van der Waals surface area contributed by atoms with Crippen LogP contribution in [0.1, 0.15) is 27.2 Å². The van der Waals surface area contributed by atoms with Crippen LogP contribution in [0.25, 0.3) is 10.9 Å². The number of ether oxygens (including phenoxy) is 3. The highest BCUT2D eigenvalue weighted by atomic mass is 32.2. The normalized spacial score (nSPS) is 11.7. The van der Waals surface area contributed by atoms with Crippen LogP contribution in [0.4, 0.5) is 4.39 Å². The summed E-state index contributed by atoms with van der Waals surface area (Å²) in [5, 5.41) is 0.427. The number of nitrogens with zero attached hydrogens (tertiary/aromatic N) is 3. The fraction of sp³-hybridized carbons (Fsp3) is 0.176. The molecule has 0 fully saturated rings. The summed E-state index contributed by atoms with van der Waals surface area (Å²) in [5.41, 5.74) is 2.30. The Balaban J connectivity index is 1.54. The molecule has 232 valence electrons. The van der Waals surface area contributed by atoms with Crippen LogP contribution >= 0.6 is 0 Å². The van der Waals surface area contributed by atoms with Crippen molar-refractivity contribution in [2.24, 2.45) is 0 Å². The Morgan fingerprint density at radius 1 is 0.978 bits per heavy atom. The molecule has 0 aliphatic carbocycles. The molecule has 5 aromatic rings. The lowest BCUT2D eigenvalue weighted by Crippen LogP contribution is -2.12. The quantitative estimate of drug-likeness (QED) is 0.114. The number of halogens is 1. The summed E-state index contributed by atoms with van der Waals surface area (Å²) in [6, 6.07) is 19.4. The highest BCUT2D eigenvalue weighted by Gasteiger charge is 2.24. The van der Waals surface area contributed by atoms with Crippen molar-refractivity contribution in [3.63, 3.8) is 0 Å². The van der Waals surface area contributed by atoms with Crippen LogP contribution in [-0.2, 0) is 28.0 Å². The molecule has 5 rings (SSSR count). The predicted octanol–water partition coefficient (Wildman–Crippen LogP) is 6.50. The van der Waals surface area contributed by atoms with Crippen molar-refractivity contribution >= 4 is 26.7 Å². The Morgan fingerprint density at radius 2 is 1.71 bits per heavy atom. The molecule has 0 aliphatic heterocycles. The molecule has 0 saturated carbocycles. The van der Waals surface area contributed by atoms with Crippen molar-refractivity contribution in [2.45, 2.75) is 25.0 Å². The van der Waals surface area contributed by atoms with Gasteiger partial charge in [0, 0.05) is 61.8 Å². The first-order valence-electron chi connectivity index (χ1n) is 13.9. The smallest absolute Gasteiger partial charge is 0.268 e. The average Bonchev–Trinajstić information content (AvgIpc) is 3.46. The van der Waals surface area contributed by atoms with E-state index < -0.39 is 15.8 Å². The summed E-state index contributed by atoms with van der Waals surface area (Å²) < 4.78 is 61.4. The van der Waals surface area contributed by atoms with Crippen molar-refractivity contribution in [3.05, 3.63) is 126 Å². The zero-order chi connectivity index (χ0) is 32.1. The van der Waals surface area contributed by atoms with Crippen LogP contribution in [0.5, 0.6) is 17.2 Å². The van der Waals surface area contributed by atoms with Gasteiger partial charge in [-0.25, -0.2) is 16.8 Å². The van der Waals surface area contributed by atoms with Gasteiger partial charge in [0.1, 0.15) is 17.2 Å². The molecule has 0 unspecified atom stereocenters. The molecule has 0 spiro atoms. The van der Waals surface area contributed by atoms with Gasteiger partial charge < -0.3 is 19.1 Å². The lowest BCUT2D eigenvalue weighted by atomic mass is 10.1. The minimum absolute atomic E-state index is 0.0703. The van der Waals surface area contributed by atoms with E-state index in [1.54, 1.807) is 62.6 Å². The molecule has 11 heteroatoms. The summed E-state index contributed by atoms with van der Waals surface area (Å²) in [7, 11) is 1.11. The molecule has 0 saturated heterocycles. The van der Waals surface area contributed by atoms with E-state index in [9.17, 15) is 13.2 Å². The number of allylic oxidation sites excluding steroid dienone is 1. The van der Waals surface area contributed by atoms with Gasteiger partial charge in [-0.05, 0) is 48.9 Å². The van der Waals surface area contributed by atoms with Crippen LogP contribution in [0, 0.1) is 12.7 Å². The molecule has 2 heterocycles. The van der Waals surface area contributed by atoms with E-state index in [0.717, 1.165) is 21.2 Å². The van der Waals surface area contributed by atoms with Gasteiger partial charge in [0.25, 0.3) is 10.0 Å². The molecular formula is C34H32FN3O6S. The van der Waals surface area contributed by atoms with Gasteiger partial charge >= 0.3 is 0 Å². The molecular weight excluding hydrogens is 597 g/mol. The maximum absolute atomic E-state index is 16.0. The maximum atomic E-state index is 16.0. The average molecular weight is 630 g/mol. The first-order valence-corrected chi connectivity index (χ1v) is 15.4. The van der Waals surface area contributed by atoms with Crippen LogP contribution in [0.3, 0.4) is 0 Å². The number of aryl methyl sites for hydroxylation is 1. The number of carbonyl (C=O) groups excluding carboxylic acids is 1. The van der Waals surface area contributed by atoms with Crippen molar-refractivity contribution in [1.29, 1.82) is 0 Å². The monoisotopic (exact) mass is 629 g/mol. The van der Waals surface area contributed by atoms with Crippen molar-refractivity contribution in [3.8, 4) is 17.2 Å². The van der Waals surface area contributed by atoms with Crippen molar-refractivity contribution < 1.29 is 31.8 Å². The fourth-order valence-electron chi connectivity index (χ4n) is 4.58. The van der Waals surface area contributed by atoms with Crippen molar-refractivity contribution in [1.82, 2.24) is 13.9 Å². The molecule has 3 aromatic carbocycles. The van der Waals surface area contributed by atoms with E-state index in [1.165, 1.54) is 42.7 Å². The van der Waals surface area contributed by atoms with E-state index in [-0.39, 0.29) is 46.6 Å². The van der Waals surface area contributed by atoms with E-state index in [4.69, 9.17) is 14.2 Å². The van der Waals surface area contributed by atoms with Gasteiger partial charge in [0.05, 0.1) is 30.7 Å². The third kappa shape index (κ3) is 7.05. The number of fused-ring (bicyclic) bond motifs is 1. The van der Waals surface area contributed by atoms with E-state index in [1.807, 2.05) is 19.1 Å². The lowest BCUT2D eigenvalue weighted by molar-refractivity contribution is 0.104. The summed E-state index contributed by atoms with van der Waals surface area (Å²) in [4.78, 5) is 18.5. The highest BCUT2D eigenvalue weighted by Crippen LogP contribution is 2.37. The molecule has 0 bridgehead atoms. The van der Waals surface area contributed by atoms with Crippen LogP contribution < -0.4 is 9.47 Å². The molecule has 0 aliphatic rings. The minimum Gasteiger partial charge on any atom is -0.497 e. The van der Waals surface area contributed by atoms with Gasteiger partial charge in [-0.2, -0.15) is 0 Å². The minimum atomic E-state index is -4.04. The molecule has 9 nitrogen and oxygen atoms in total. The number of rotatable bonds is 12. The van der Waals surface area contributed by atoms with Crippen LogP contribution in [-0.4, -0.2) is 49.3 Å². The standard InChI is InChI=1S/C34H32FN3O6S/c1-23-5-11-27(12-6-23)45(40,41)38-18-14-28-29(22-43-21-24-7-9-25(42-4)10-8-24)34(30(35)20-32(28)38)44-26-13-16-36-31(19-26)33(39)15-17-37(2)3/h5-20H,21-22H2,1-4H3/b17-15+. The largest absolute Gasteiger partial charge is 0.497 e. The maximum Gasteiger partial charge on any atom is 0.268 e. The van der Waals surface area contributed by atoms with E-state index in [0.29, 0.717) is 16.7 Å². The van der Waals surface area contributed by atoms with Crippen molar-refractivity contribution in [2.75, 3.05) is 21.2 Å². The number of aromatic nitrogens is 2. The summed E-state index contributed by atoms with van der Waals surface area (Å²) >= 11 is 0. The van der Waals surface area contributed by atoms with Gasteiger partial charge in [-0.15, -0.1) is 0 Å². The number of carbonyl (C=O) groups is 1. The summed E-state index contributed by atoms with van der Waals surface area (Å²) in [6.45, 7) is 1.95. The van der Waals surface area contributed by atoms with Crippen LogP contribution in [0.2, 0.25) is 0 Å². The Hall–Kier alpha value is -5.00. The zero-order valence-electron chi connectivity index (χ0n) is 25.2. The first-order chi connectivity index (χ1) is 21.6. The SMILES string of the molecule is COc1ccc(COCc2c(Oc3ccnc(C(=O)/C=C/N(C)C)c3)c(F)cc3c2ccn3S(=O)(=O)c2ccc(C)cc2)cc1. The lowest BCUT2D eigenvalue weighted by Gasteiger charge is -2.16. The van der Waals surface area contributed by atoms with E-state index in [2.05, 4.69) is 4.98 Å². The second-order valence-corrected chi connectivity index (χ2v) is 12.3. The fourth-order valence-corrected chi connectivity index (χ4v) is 5.92. The number of pyridine rings is 1. The second-order valence-electron chi connectivity index (χ2n) is 10.5. The second kappa shape index (κ2) is 13.3. The highest BCUT2D eigenvalue weighted by molar-refractivity contribution is 7.90. The molecule has 0 N–H and O–H groups in total. The Bertz CT molecular complexity index is 1970.